The van der Waals surface area contributed by atoms with Crippen molar-refractivity contribution in [2.45, 2.75) is 46.1 Å². The number of carbonyl (C=O) groups is 1. The lowest BCUT2D eigenvalue weighted by Gasteiger charge is -2.11. The maximum atomic E-state index is 9.25. The zero-order valence-electron chi connectivity index (χ0n) is 11.3. The van der Waals surface area contributed by atoms with Gasteiger partial charge in [0.2, 0.25) is 0 Å². The quantitative estimate of drug-likeness (QED) is 0.394. The molecule has 0 heterocycles. The van der Waals surface area contributed by atoms with Gasteiger partial charge in [0, 0.05) is 19.3 Å². The van der Waals surface area contributed by atoms with E-state index in [0.29, 0.717) is 0 Å². The Labute approximate surface area is 106 Å². The Morgan fingerprint density at radius 1 is 1.24 bits per heavy atom. The van der Waals surface area contributed by atoms with E-state index >= 15 is 0 Å². The van der Waals surface area contributed by atoms with Crippen molar-refractivity contribution in [3.8, 4) is 0 Å². The van der Waals surface area contributed by atoms with Gasteiger partial charge >= 0.3 is 15.3 Å². The maximum Gasteiger partial charge on any atom is 0.327 e. The van der Waals surface area contributed by atoms with Gasteiger partial charge in [-0.1, -0.05) is 33.3 Å². The van der Waals surface area contributed by atoms with E-state index in [1.807, 2.05) is 0 Å². The topological polar surface area (TPSA) is 55.8 Å². The third kappa shape index (κ3) is 21.2. The highest BCUT2D eigenvalue weighted by atomic mass is 28.3. The summed E-state index contributed by atoms with van der Waals surface area (Å²) in [6.45, 7) is 11.2. The zero-order chi connectivity index (χ0) is 13.5. The lowest BCUT2D eigenvalue weighted by atomic mass is 10.4. The molecule has 0 amide bonds. The van der Waals surface area contributed by atoms with Crippen molar-refractivity contribution >= 4 is 15.3 Å². The molecule has 0 atom stereocenters. The minimum Gasteiger partial charge on any atom is -0.478 e. The molecule has 0 aromatic rings. The molecule has 17 heavy (non-hydrogen) atoms. The summed E-state index contributed by atoms with van der Waals surface area (Å²) in [5.41, 5.74) is 0. The molecule has 0 radical (unpaired) electrons. The van der Waals surface area contributed by atoms with E-state index in [0.717, 1.165) is 32.1 Å². The summed E-state index contributed by atoms with van der Waals surface area (Å²) < 4.78 is 11.1. The molecule has 5 heteroatoms. The van der Waals surface area contributed by atoms with E-state index in [1.165, 1.54) is 12.8 Å². The van der Waals surface area contributed by atoms with E-state index in [9.17, 15) is 4.79 Å². The molecule has 1 N–H and O–H groups in total. The predicted molar refractivity (Wildman–Crippen MR) is 72.6 cm³/mol. The molecule has 0 aliphatic rings. The third-order valence-electron chi connectivity index (χ3n) is 1.88. The molecule has 0 rings (SSSR count). The lowest BCUT2D eigenvalue weighted by molar-refractivity contribution is -0.131. The summed E-state index contributed by atoms with van der Waals surface area (Å²) in [5.74, 6) is -0.981. The van der Waals surface area contributed by atoms with Gasteiger partial charge in [0.05, 0.1) is 0 Å². The smallest absolute Gasteiger partial charge is 0.327 e. The van der Waals surface area contributed by atoms with Crippen LogP contribution in [-0.4, -0.2) is 33.6 Å². The Morgan fingerprint density at radius 2 is 1.59 bits per heavy atom. The Balaban J connectivity index is 0. The molecule has 0 unspecified atom stereocenters. The number of carboxylic acids is 1. The molecule has 0 fully saturated rings. The van der Waals surface area contributed by atoms with Crippen LogP contribution in [0.3, 0.4) is 0 Å². The molecule has 0 spiro atoms. The Bertz CT molecular complexity index is 175. The van der Waals surface area contributed by atoms with E-state index in [4.69, 9.17) is 14.0 Å². The normalized spacial score (nSPS) is 9.65. The molecule has 102 valence electrons. The van der Waals surface area contributed by atoms with Crippen molar-refractivity contribution < 1.29 is 18.8 Å². The minimum absolute atomic E-state index is 0.833. The third-order valence-corrected chi connectivity index (χ3v) is 3.29. The maximum absolute atomic E-state index is 9.25. The van der Waals surface area contributed by atoms with Gasteiger partial charge in [0.1, 0.15) is 0 Å². The van der Waals surface area contributed by atoms with Crippen molar-refractivity contribution in [2.75, 3.05) is 13.2 Å². The molecule has 0 saturated carbocycles. The summed E-state index contributed by atoms with van der Waals surface area (Å²) in [7, 11) is -1.27. The Morgan fingerprint density at radius 3 is 1.82 bits per heavy atom. The van der Waals surface area contributed by atoms with Crippen molar-refractivity contribution in [1.82, 2.24) is 0 Å². The van der Waals surface area contributed by atoms with Crippen LogP contribution in [0.1, 0.15) is 39.5 Å². The van der Waals surface area contributed by atoms with E-state index in [-0.39, 0.29) is 0 Å². The summed E-state index contributed by atoms with van der Waals surface area (Å²) >= 11 is 0. The fourth-order valence-corrected chi connectivity index (χ4v) is 1.93. The second kappa shape index (κ2) is 15.3. The van der Waals surface area contributed by atoms with Crippen molar-refractivity contribution in [3.63, 3.8) is 0 Å². The first kappa shape index (κ1) is 18.7. The molecule has 0 saturated heterocycles. The van der Waals surface area contributed by atoms with Gasteiger partial charge in [0.15, 0.2) is 0 Å². The second-order valence-electron chi connectivity index (χ2n) is 3.56. The van der Waals surface area contributed by atoms with Crippen molar-refractivity contribution in [1.29, 1.82) is 0 Å². The van der Waals surface area contributed by atoms with Crippen molar-refractivity contribution in [3.05, 3.63) is 12.7 Å². The van der Waals surface area contributed by atoms with Gasteiger partial charge in [-0.3, -0.25) is 0 Å². The molecule has 0 bridgehead atoms. The van der Waals surface area contributed by atoms with Crippen LogP contribution in [0.2, 0.25) is 6.55 Å². The second-order valence-corrected chi connectivity index (χ2v) is 5.36. The number of rotatable bonds is 9. The first-order chi connectivity index (χ1) is 8.08. The zero-order valence-corrected chi connectivity index (χ0v) is 12.4. The number of carboxylic acid groups (broad SMARTS) is 1. The van der Waals surface area contributed by atoms with Crippen LogP contribution < -0.4 is 0 Å². The van der Waals surface area contributed by atoms with Gasteiger partial charge < -0.3 is 14.0 Å². The molecule has 0 aromatic carbocycles. The van der Waals surface area contributed by atoms with Crippen LogP contribution in [0.15, 0.2) is 12.7 Å². The number of aliphatic carboxylic acids is 1. The lowest BCUT2D eigenvalue weighted by Crippen LogP contribution is -2.19. The van der Waals surface area contributed by atoms with E-state index in [1.54, 1.807) is 0 Å². The SMILES string of the molecule is C=CC(=O)O.CCCCO[SiH](C)OCCCC. The minimum atomic E-state index is -1.27. The van der Waals surface area contributed by atoms with Crippen LogP contribution in [0.5, 0.6) is 0 Å². The summed E-state index contributed by atoms with van der Waals surface area (Å²) in [4.78, 5) is 9.25. The highest BCUT2D eigenvalue weighted by molar-refractivity contribution is 6.42. The number of hydrogen-bond donors (Lipinski definition) is 1. The number of hydrogen-bond acceptors (Lipinski definition) is 3. The van der Waals surface area contributed by atoms with Crippen molar-refractivity contribution in [2.24, 2.45) is 0 Å². The molecule has 4 nitrogen and oxygen atoms in total. The van der Waals surface area contributed by atoms with Gasteiger partial charge in [0.25, 0.3) is 0 Å². The van der Waals surface area contributed by atoms with E-state index < -0.39 is 15.3 Å². The average molecular weight is 262 g/mol. The predicted octanol–water partition coefficient (Wildman–Crippen LogP) is 2.73. The molecule has 0 aliphatic carbocycles. The Hall–Kier alpha value is -0.653. The number of unbranched alkanes of at least 4 members (excludes halogenated alkanes) is 2. The van der Waals surface area contributed by atoms with Crippen LogP contribution in [-0.2, 0) is 13.6 Å². The van der Waals surface area contributed by atoms with Gasteiger partial charge in [-0.05, 0) is 19.4 Å². The monoisotopic (exact) mass is 262 g/mol. The fraction of sp³-hybridized carbons (Fsp3) is 0.750. The van der Waals surface area contributed by atoms with Crippen LogP contribution in [0.25, 0.3) is 0 Å². The fourth-order valence-electron chi connectivity index (χ4n) is 0.835. The van der Waals surface area contributed by atoms with Gasteiger partial charge in [-0.2, -0.15) is 0 Å². The largest absolute Gasteiger partial charge is 0.478 e. The highest BCUT2D eigenvalue weighted by Crippen LogP contribution is 1.95. The van der Waals surface area contributed by atoms with Crippen LogP contribution >= 0.6 is 0 Å². The standard InChI is InChI=1S/C9H22O2Si.C3H4O2/c1-4-6-8-10-12(3)11-9-7-5-2;1-2-3(4)5/h12H,4-9H2,1-3H3;2H,1H2,(H,4,5). The Kier molecular flexibility index (Phi) is 16.9. The highest BCUT2D eigenvalue weighted by Gasteiger charge is 2.03. The van der Waals surface area contributed by atoms with E-state index in [2.05, 4.69) is 27.0 Å². The molecular formula is C12H26O4Si. The summed E-state index contributed by atoms with van der Waals surface area (Å²) in [6, 6.07) is 0. The molecule has 0 aliphatic heterocycles. The summed E-state index contributed by atoms with van der Waals surface area (Å²) in [6.07, 6.45) is 5.56. The first-order valence-corrected chi connectivity index (χ1v) is 8.26. The average Bonchev–Trinajstić information content (AvgIpc) is 2.30. The first-order valence-electron chi connectivity index (χ1n) is 6.16. The van der Waals surface area contributed by atoms with Gasteiger partial charge in [-0.25, -0.2) is 4.79 Å². The van der Waals surface area contributed by atoms with Crippen LogP contribution in [0.4, 0.5) is 0 Å². The van der Waals surface area contributed by atoms with Gasteiger partial charge in [-0.15, -0.1) is 0 Å². The van der Waals surface area contributed by atoms with Crippen LogP contribution in [0, 0.1) is 0 Å². The molecular weight excluding hydrogens is 236 g/mol. The summed E-state index contributed by atoms with van der Waals surface area (Å²) in [5, 5.41) is 7.60. The molecule has 0 aromatic heterocycles.